The summed E-state index contributed by atoms with van der Waals surface area (Å²) < 4.78 is 5.01. The standard InChI is InChI=1S/C18H14N4O2/c1-11-10-16(24-22-11)18(23)21-13-7-3-2-6-12(13)17-19-14-8-4-5-9-15(14)20-17/h2-10H,1H3,(H,19,20)(H,21,23). The number of nitrogens with zero attached hydrogens (tertiary/aromatic N) is 2. The lowest BCUT2D eigenvalue weighted by atomic mass is 10.1. The molecule has 1 amide bonds. The van der Waals surface area contributed by atoms with Crippen molar-refractivity contribution in [1.82, 2.24) is 15.1 Å². The van der Waals surface area contributed by atoms with Crippen molar-refractivity contribution in [3.05, 3.63) is 66.1 Å². The molecule has 0 aliphatic heterocycles. The molecular formula is C18H14N4O2. The van der Waals surface area contributed by atoms with Crippen LogP contribution in [0.4, 0.5) is 5.69 Å². The molecule has 2 heterocycles. The first-order valence-electron chi connectivity index (χ1n) is 7.49. The van der Waals surface area contributed by atoms with Crippen LogP contribution in [-0.2, 0) is 0 Å². The van der Waals surface area contributed by atoms with E-state index in [0.717, 1.165) is 16.6 Å². The third-order valence-corrected chi connectivity index (χ3v) is 3.67. The number of aromatic nitrogens is 3. The zero-order valence-electron chi connectivity index (χ0n) is 12.9. The molecule has 0 radical (unpaired) electrons. The van der Waals surface area contributed by atoms with E-state index >= 15 is 0 Å². The predicted octanol–water partition coefficient (Wildman–Crippen LogP) is 3.78. The van der Waals surface area contributed by atoms with E-state index in [1.165, 1.54) is 0 Å². The number of benzene rings is 2. The van der Waals surface area contributed by atoms with E-state index in [9.17, 15) is 4.79 Å². The quantitative estimate of drug-likeness (QED) is 0.602. The summed E-state index contributed by atoms with van der Waals surface area (Å²) in [6.07, 6.45) is 0. The Morgan fingerprint density at radius 3 is 2.71 bits per heavy atom. The Labute approximate surface area is 137 Å². The fourth-order valence-corrected chi connectivity index (χ4v) is 2.53. The molecule has 0 bridgehead atoms. The van der Waals surface area contributed by atoms with Crippen LogP contribution < -0.4 is 5.32 Å². The first-order chi connectivity index (χ1) is 11.7. The average Bonchev–Trinajstić information content (AvgIpc) is 3.21. The van der Waals surface area contributed by atoms with Gasteiger partial charge in [0.1, 0.15) is 5.82 Å². The summed E-state index contributed by atoms with van der Waals surface area (Å²) in [5, 5.41) is 6.58. The fraction of sp³-hybridized carbons (Fsp3) is 0.0556. The van der Waals surface area contributed by atoms with E-state index < -0.39 is 0 Å². The minimum Gasteiger partial charge on any atom is -0.351 e. The third-order valence-electron chi connectivity index (χ3n) is 3.67. The lowest BCUT2D eigenvalue weighted by Crippen LogP contribution is -2.11. The topological polar surface area (TPSA) is 83.8 Å². The molecule has 0 saturated carbocycles. The molecule has 24 heavy (non-hydrogen) atoms. The largest absolute Gasteiger partial charge is 0.351 e. The number of H-pyrrole nitrogens is 1. The number of hydrogen-bond acceptors (Lipinski definition) is 4. The first kappa shape index (κ1) is 14.2. The number of nitrogens with one attached hydrogen (secondary N) is 2. The summed E-state index contributed by atoms with van der Waals surface area (Å²) in [6, 6.07) is 16.9. The maximum atomic E-state index is 12.3. The van der Waals surface area contributed by atoms with Crippen molar-refractivity contribution in [3.8, 4) is 11.4 Å². The van der Waals surface area contributed by atoms with Gasteiger partial charge in [0.05, 0.1) is 22.4 Å². The van der Waals surface area contributed by atoms with Gasteiger partial charge in [-0.15, -0.1) is 0 Å². The van der Waals surface area contributed by atoms with Crippen LogP contribution in [0, 0.1) is 6.92 Å². The van der Waals surface area contributed by atoms with Gasteiger partial charge >= 0.3 is 0 Å². The van der Waals surface area contributed by atoms with Crippen molar-refractivity contribution >= 4 is 22.6 Å². The predicted molar refractivity (Wildman–Crippen MR) is 90.7 cm³/mol. The van der Waals surface area contributed by atoms with Crippen LogP contribution in [-0.4, -0.2) is 21.0 Å². The molecular weight excluding hydrogens is 304 g/mol. The van der Waals surface area contributed by atoms with Gasteiger partial charge in [-0.05, 0) is 31.2 Å². The van der Waals surface area contributed by atoms with Crippen molar-refractivity contribution < 1.29 is 9.32 Å². The smallest absolute Gasteiger partial charge is 0.294 e. The Hall–Kier alpha value is -3.41. The summed E-state index contributed by atoms with van der Waals surface area (Å²) in [5.74, 6) is 0.520. The minimum atomic E-state index is -0.348. The monoisotopic (exact) mass is 318 g/mol. The zero-order chi connectivity index (χ0) is 16.5. The molecule has 4 aromatic rings. The minimum absolute atomic E-state index is 0.173. The maximum absolute atomic E-state index is 12.3. The third kappa shape index (κ3) is 2.54. The molecule has 0 unspecified atom stereocenters. The van der Waals surface area contributed by atoms with Gasteiger partial charge in [0.2, 0.25) is 5.76 Å². The lowest BCUT2D eigenvalue weighted by Gasteiger charge is -2.07. The summed E-state index contributed by atoms with van der Waals surface area (Å²) in [5.41, 5.74) is 3.93. The van der Waals surface area contributed by atoms with Crippen LogP contribution in [0.3, 0.4) is 0 Å². The van der Waals surface area contributed by atoms with Gasteiger partial charge in [-0.3, -0.25) is 4.79 Å². The SMILES string of the molecule is Cc1cc(C(=O)Nc2ccccc2-c2nc3ccccc3[nH]2)on1. The summed E-state index contributed by atoms with van der Waals surface area (Å²) in [4.78, 5) is 20.2. The van der Waals surface area contributed by atoms with E-state index in [2.05, 4.69) is 20.4 Å². The van der Waals surface area contributed by atoms with Gasteiger partial charge in [-0.25, -0.2) is 4.98 Å². The second-order valence-corrected chi connectivity index (χ2v) is 5.43. The van der Waals surface area contributed by atoms with Crippen molar-refractivity contribution in [2.24, 2.45) is 0 Å². The Morgan fingerprint density at radius 1 is 1.12 bits per heavy atom. The van der Waals surface area contributed by atoms with Crippen LogP contribution in [0.15, 0.2) is 59.1 Å². The number of carbonyl (C=O) groups excluding carboxylic acids is 1. The number of para-hydroxylation sites is 3. The van der Waals surface area contributed by atoms with Gasteiger partial charge in [0, 0.05) is 11.6 Å². The zero-order valence-corrected chi connectivity index (χ0v) is 12.9. The highest BCUT2D eigenvalue weighted by Gasteiger charge is 2.15. The van der Waals surface area contributed by atoms with Crippen LogP contribution in [0.1, 0.15) is 16.2 Å². The number of aromatic amines is 1. The first-order valence-corrected chi connectivity index (χ1v) is 7.49. The van der Waals surface area contributed by atoms with Gasteiger partial charge < -0.3 is 14.8 Å². The highest BCUT2D eigenvalue weighted by molar-refractivity contribution is 6.04. The second-order valence-electron chi connectivity index (χ2n) is 5.43. The molecule has 0 aliphatic rings. The number of fused-ring (bicyclic) bond motifs is 1. The van der Waals surface area contributed by atoms with Gasteiger partial charge in [0.15, 0.2) is 0 Å². The molecule has 0 fully saturated rings. The maximum Gasteiger partial charge on any atom is 0.294 e. The number of hydrogen-bond donors (Lipinski definition) is 2. The van der Waals surface area contributed by atoms with Crippen LogP contribution in [0.5, 0.6) is 0 Å². The van der Waals surface area contributed by atoms with Crippen molar-refractivity contribution in [1.29, 1.82) is 0 Å². The Bertz CT molecular complexity index is 999. The number of carbonyl (C=O) groups is 1. The highest BCUT2D eigenvalue weighted by atomic mass is 16.5. The van der Waals surface area contributed by atoms with Crippen molar-refractivity contribution in [2.45, 2.75) is 6.92 Å². The van der Waals surface area contributed by atoms with Gasteiger partial charge in [-0.2, -0.15) is 0 Å². The van der Waals surface area contributed by atoms with Gasteiger partial charge in [0.25, 0.3) is 5.91 Å². The molecule has 2 aromatic carbocycles. The van der Waals surface area contributed by atoms with Crippen LogP contribution >= 0.6 is 0 Å². The Balaban J connectivity index is 1.71. The molecule has 2 N–H and O–H groups in total. The number of imidazole rings is 1. The highest BCUT2D eigenvalue weighted by Crippen LogP contribution is 2.27. The molecule has 0 saturated heterocycles. The number of rotatable bonds is 3. The fourth-order valence-electron chi connectivity index (χ4n) is 2.53. The number of anilines is 1. The Kier molecular flexibility index (Phi) is 3.35. The Morgan fingerprint density at radius 2 is 1.92 bits per heavy atom. The molecule has 6 nitrogen and oxygen atoms in total. The average molecular weight is 318 g/mol. The normalized spacial score (nSPS) is 10.9. The molecule has 0 aliphatic carbocycles. The molecule has 2 aromatic heterocycles. The van der Waals surface area contributed by atoms with E-state index in [-0.39, 0.29) is 11.7 Å². The van der Waals surface area contributed by atoms with E-state index in [0.29, 0.717) is 17.2 Å². The van der Waals surface area contributed by atoms with Crippen molar-refractivity contribution in [3.63, 3.8) is 0 Å². The van der Waals surface area contributed by atoms with E-state index in [4.69, 9.17) is 4.52 Å². The van der Waals surface area contributed by atoms with Gasteiger partial charge in [-0.1, -0.05) is 29.4 Å². The van der Waals surface area contributed by atoms with E-state index in [1.54, 1.807) is 13.0 Å². The van der Waals surface area contributed by atoms with Crippen LogP contribution in [0.25, 0.3) is 22.4 Å². The molecule has 118 valence electrons. The molecule has 0 spiro atoms. The summed E-state index contributed by atoms with van der Waals surface area (Å²) in [7, 11) is 0. The number of aryl methyl sites for hydroxylation is 1. The van der Waals surface area contributed by atoms with Crippen LogP contribution in [0.2, 0.25) is 0 Å². The second kappa shape index (κ2) is 5.66. The molecule has 4 rings (SSSR count). The lowest BCUT2D eigenvalue weighted by molar-refractivity contribution is 0.0988. The summed E-state index contributed by atoms with van der Waals surface area (Å²) in [6.45, 7) is 1.77. The number of amides is 1. The van der Waals surface area contributed by atoms with Crippen molar-refractivity contribution in [2.75, 3.05) is 5.32 Å². The summed E-state index contributed by atoms with van der Waals surface area (Å²) >= 11 is 0. The molecule has 0 atom stereocenters. The molecule has 6 heteroatoms. The van der Waals surface area contributed by atoms with E-state index in [1.807, 2.05) is 48.5 Å².